The zero-order valence-corrected chi connectivity index (χ0v) is 14.0. The van der Waals surface area contributed by atoms with Crippen molar-refractivity contribution < 1.29 is 9.84 Å². The second-order valence-corrected chi connectivity index (χ2v) is 7.32. The summed E-state index contributed by atoms with van der Waals surface area (Å²) in [6.07, 6.45) is 2.51. The standard InChI is InChI=1S/C18H29NO2/c1-12-9-14(11-19-18(3,4)5)10-13(2)17(12)21-16-8-6-7-15(16)20/h9-10,15-16,19-20H,6-8,11H2,1-5H3. The fraction of sp³-hybridized carbons (Fsp3) is 0.667. The van der Waals surface area contributed by atoms with Crippen LogP contribution in [0.15, 0.2) is 12.1 Å². The minimum atomic E-state index is -0.314. The van der Waals surface area contributed by atoms with Gasteiger partial charge < -0.3 is 15.2 Å². The van der Waals surface area contributed by atoms with E-state index >= 15 is 0 Å². The normalized spacial score (nSPS) is 22.6. The highest BCUT2D eigenvalue weighted by Crippen LogP contribution is 2.30. The third-order valence-electron chi connectivity index (χ3n) is 4.03. The van der Waals surface area contributed by atoms with Crippen molar-refractivity contribution in [1.29, 1.82) is 0 Å². The predicted octanol–water partition coefficient (Wildman–Crippen LogP) is 3.48. The summed E-state index contributed by atoms with van der Waals surface area (Å²) in [5.74, 6) is 0.945. The molecule has 3 heteroatoms. The van der Waals surface area contributed by atoms with Crippen molar-refractivity contribution in [3.63, 3.8) is 0 Å². The van der Waals surface area contributed by atoms with Crippen LogP contribution in [0.2, 0.25) is 0 Å². The number of aryl methyl sites for hydroxylation is 2. The van der Waals surface area contributed by atoms with Gasteiger partial charge in [-0.15, -0.1) is 0 Å². The lowest BCUT2D eigenvalue weighted by atomic mass is 10.0. The van der Waals surface area contributed by atoms with Crippen LogP contribution in [0, 0.1) is 13.8 Å². The van der Waals surface area contributed by atoms with Gasteiger partial charge in [0.2, 0.25) is 0 Å². The maximum atomic E-state index is 9.93. The van der Waals surface area contributed by atoms with E-state index in [0.717, 1.165) is 42.7 Å². The number of hydrogen-bond donors (Lipinski definition) is 2. The molecule has 1 aliphatic rings. The molecule has 0 aliphatic heterocycles. The van der Waals surface area contributed by atoms with Crippen LogP contribution < -0.4 is 10.1 Å². The number of benzene rings is 1. The molecular weight excluding hydrogens is 262 g/mol. The Morgan fingerprint density at radius 2 is 1.81 bits per heavy atom. The molecule has 1 aromatic carbocycles. The molecule has 0 bridgehead atoms. The van der Waals surface area contributed by atoms with Gasteiger partial charge in [-0.05, 0) is 70.6 Å². The Balaban J connectivity index is 2.10. The van der Waals surface area contributed by atoms with Gasteiger partial charge in [0.25, 0.3) is 0 Å². The summed E-state index contributed by atoms with van der Waals surface area (Å²) in [6.45, 7) is 11.6. The molecule has 1 aliphatic carbocycles. The van der Waals surface area contributed by atoms with Crippen LogP contribution >= 0.6 is 0 Å². The zero-order chi connectivity index (χ0) is 15.6. The Kier molecular flexibility index (Phi) is 4.95. The molecule has 118 valence electrons. The van der Waals surface area contributed by atoms with E-state index in [9.17, 15) is 5.11 Å². The molecule has 0 heterocycles. The van der Waals surface area contributed by atoms with Gasteiger partial charge in [-0.2, -0.15) is 0 Å². The summed E-state index contributed by atoms with van der Waals surface area (Å²) < 4.78 is 6.08. The molecule has 0 saturated heterocycles. The van der Waals surface area contributed by atoms with Gasteiger partial charge in [0, 0.05) is 12.1 Å². The topological polar surface area (TPSA) is 41.5 Å². The second kappa shape index (κ2) is 6.37. The van der Waals surface area contributed by atoms with E-state index in [1.807, 2.05) is 0 Å². The summed E-state index contributed by atoms with van der Waals surface area (Å²) in [6, 6.07) is 4.37. The maximum Gasteiger partial charge on any atom is 0.125 e. The van der Waals surface area contributed by atoms with Crippen molar-refractivity contribution in [2.24, 2.45) is 0 Å². The Labute approximate surface area is 128 Å². The van der Waals surface area contributed by atoms with Gasteiger partial charge in [0.1, 0.15) is 11.9 Å². The van der Waals surface area contributed by atoms with Gasteiger partial charge >= 0.3 is 0 Å². The van der Waals surface area contributed by atoms with Crippen molar-refractivity contribution in [3.05, 3.63) is 28.8 Å². The summed E-state index contributed by atoms with van der Waals surface area (Å²) >= 11 is 0. The molecule has 2 atom stereocenters. The first-order chi connectivity index (χ1) is 9.76. The molecule has 0 amide bonds. The Morgan fingerprint density at radius 3 is 2.29 bits per heavy atom. The Hall–Kier alpha value is -1.06. The smallest absolute Gasteiger partial charge is 0.125 e. The van der Waals surface area contributed by atoms with Gasteiger partial charge in [0.15, 0.2) is 0 Å². The number of aliphatic hydroxyl groups excluding tert-OH is 1. The lowest BCUT2D eigenvalue weighted by molar-refractivity contribution is 0.0595. The largest absolute Gasteiger partial charge is 0.487 e. The van der Waals surface area contributed by atoms with Crippen LogP contribution in [0.4, 0.5) is 0 Å². The highest BCUT2D eigenvalue weighted by Gasteiger charge is 2.27. The van der Waals surface area contributed by atoms with Gasteiger partial charge in [-0.25, -0.2) is 0 Å². The molecule has 2 unspecified atom stereocenters. The van der Waals surface area contributed by atoms with Crippen LogP contribution in [0.3, 0.4) is 0 Å². The van der Waals surface area contributed by atoms with Crippen LogP contribution in [0.1, 0.15) is 56.7 Å². The molecule has 2 rings (SSSR count). The van der Waals surface area contributed by atoms with Crippen molar-refractivity contribution in [1.82, 2.24) is 5.32 Å². The highest BCUT2D eigenvalue weighted by atomic mass is 16.5. The van der Waals surface area contributed by atoms with Crippen LogP contribution in [0.5, 0.6) is 5.75 Å². The predicted molar refractivity (Wildman–Crippen MR) is 86.8 cm³/mol. The lowest BCUT2D eigenvalue weighted by Gasteiger charge is -2.23. The fourth-order valence-electron chi connectivity index (χ4n) is 2.89. The maximum absolute atomic E-state index is 9.93. The van der Waals surface area contributed by atoms with E-state index in [-0.39, 0.29) is 17.7 Å². The van der Waals surface area contributed by atoms with Crippen molar-refractivity contribution >= 4 is 0 Å². The number of hydrogen-bond acceptors (Lipinski definition) is 3. The number of nitrogens with one attached hydrogen (secondary N) is 1. The average molecular weight is 291 g/mol. The summed E-state index contributed by atoms with van der Waals surface area (Å²) in [5, 5.41) is 13.4. The number of ether oxygens (including phenoxy) is 1. The molecule has 0 aromatic heterocycles. The molecule has 2 N–H and O–H groups in total. The quantitative estimate of drug-likeness (QED) is 0.892. The van der Waals surface area contributed by atoms with E-state index in [1.165, 1.54) is 5.56 Å². The van der Waals surface area contributed by atoms with Crippen molar-refractivity contribution in [3.8, 4) is 5.75 Å². The SMILES string of the molecule is Cc1cc(CNC(C)(C)C)cc(C)c1OC1CCCC1O. The molecular formula is C18H29NO2. The van der Waals surface area contributed by atoms with Gasteiger partial charge in [-0.3, -0.25) is 0 Å². The number of rotatable bonds is 4. The monoisotopic (exact) mass is 291 g/mol. The van der Waals surface area contributed by atoms with Crippen LogP contribution in [0.25, 0.3) is 0 Å². The third-order valence-corrected chi connectivity index (χ3v) is 4.03. The second-order valence-electron chi connectivity index (χ2n) is 7.32. The zero-order valence-electron chi connectivity index (χ0n) is 14.0. The lowest BCUT2D eigenvalue weighted by Crippen LogP contribution is -2.35. The minimum absolute atomic E-state index is 0.0408. The van der Waals surface area contributed by atoms with E-state index in [2.05, 4.69) is 52.1 Å². The van der Waals surface area contributed by atoms with Crippen molar-refractivity contribution in [2.45, 2.75) is 78.2 Å². The molecule has 1 fully saturated rings. The Bertz CT molecular complexity index is 467. The first-order valence-corrected chi connectivity index (χ1v) is 7.96. The summed E-state index contributed by atoms with van der Waals surface area (Å²) in [5.41, 5.74) is 3.70. The molecule has 1 aromatic rings. The Morgan fingerprint density at radius 1 is 1.19 bits per heavy atom. The average Bonchev–Trinajstić information content (AvgIpc) is 2.76. The molecule has 21 heavy (non-hydrogen) atoms. The summed E-state index contributed by atoms with van der Waals surface area (Å²) in [4.78, 5) is 0. The number of aliphatic hydroxyl groups is 1. The van der Waals surface area contributed by atoms with Crippen molar-refractivity contribution in [2.75, 3.05) is 0 Å². The molecule has 3 nitrogen and oxygen atoms in total. The first-order valence-electron chi connectivity index (χ1n) is 7.96. The molecule has 1 saturated carbocycles. The van der Waals surface area contributed by atoms with Crippen LogP contribution in [-0.4, -0.2) is 22.9 Å². The van der Waals surface area contributed by atoms with E-state index in [1.54, 1.807) is 0 Å². The van der Waals surface area contributed by atoms with Gasteiger partial charge in [-0.1, -0.05) is 12.1 Å². The molecule has 0 radical (unpaired) electrons. The first kappa shape index (κ1) is 16.3. The fourth-order valence-corrected chi connectivity index (χ4v) is 2.89. The van der Waals surface area contributed by atoms with Gasteiger partial charge in [0.05, 0.1) is 6.10 Å². The van der Waals surface area contributed by atoms with Crippen LogP contribution in [-0.2, 0) is 6.54 Å². The van der Waals surface area contributed by atoms with E-state index in [0.29, 0.717) is 0 Å². The molecule has 0 spiro atoms. The highest BCUT2D eigenvalue weighted by molar-refractivity contribution is 5.43. The van der Waals surface area contributed by atoms with E-state index in [4.69, 9.17) is 4.74 Å². The van der Waals surface area contributed by atoms with E-state index < -0.39 is 0 Å². The summed E-state index contributed by atoms with van der Waals surface area (Å²) in [7, 11) is 0. The third kappa shape index (κ3) is 4.45. The minimum Gasteiger partial charge on any atom is -0.487 e.